The highest BCUT2D eigenvalue weighted by Crippen LogP contribution is 2.18. The van der Waals surface area contributed by atoms with Crippen molar-refractivity contribution in [1.82, 2.24) is 15.5 Å². The molecule has 7 heteroatoms. The van der Waals surface area contributed by atoms with Gasteiger partial charge in [-0.2, -0.15) is 5.10 Å². The largest absolute Gasteiger partial charge is 0.350 e. The molecule has 20 heavy (non-hydrogen) atoms. The minimum absolute atomic E-state index is 0.0490. The maximum atomic E-state index is 11.6. The van der Waals surface area contributed by atoms with E-state index in [0.29, 0.717) is 13.1 Å². The fourth-order valence-electron chi connectivity index (χ4n) is 2.33. The molecule has 1 atom stereocenters. The standard InChI is InChI=1S/C13H22N4O2S/c1-3-6-14-9-12-4-5-13(16-15-12)17-7-8-20(18,19)10-11(17)2/h4-5,11,14H,3,6-10H2,1-2H3. The fraction of sp³-hybridized carbons (Fsp3) is 0.692. The third kappa shape index (κ3) is 3.89. The molecular formula is C13H22N4O2S. The van der Waals surface area contributed by atoms with Gasteiger partial charge >= 0.3 is 0 Å². The molecule has 112 valence electrons. The van der Waals surface area contributed by atoms with E-state index in [-0.39, 0.29) is 17.5 Å². The van der Waals surface area contributed by atoms with Gasteiger partial charge in [0.2, 0.25) is 0 Å². The molecule has 0 radical (unpaired) electrons. The molecular weight excluding hydrogens is 276 g/mol. The zero-order valence-corrected chi connectivity index (χ0v) is 12.9. The van der Waals surface area contributed by atoms with E-state index in [9.17, 15) is 8.42 Å². The van der Waals surface area contributed by atoms with Gasteiger partial charge in [0, 0.05) is 19.1 Å². The van der Waals surface area contributed by atoms with Gasteiger partial charge in [-0.3, -0.25) is 0 Å². The lowest BCUT2D eigenvalue weighted by Gasteiger charge is -2.33. The topological polar surface area (TPSA) is 75.2 Å². The molecule has 1 unspecified atom stereocenters. The van der Waals surface area contributed by atoms with Gasteiger partial charge in [-0.1, -0.05) is 6.92 Å². The van der Waals surface area contributed by atoms with Crippen LogP contribution in [0.4, 0.5) is 5.82 Å². The van der Waals surface area contributed by atoms with Crippen LogP contribution in [0.15, 0.2) is 12.1 Å². The Kier molecular flexibility index (Phi) is 4.93. The van der Waals surface area contributed by atoms with Crippen molar-refractivity contribution in [2.24, 2.45) is 0 Å². The van der Waals surface area contributed by atoms with Crippen molar-refractivity contribution in [3.05, 3.63) is 17.8 Å². The van der Waals surface area contributed by atoms with Gasteiger partial charge in [0.1, 0.15) is 0 Å². The molecule has 1 saturated heterocycles. The average Bonchev–Trinajstić information content (AvgIpc) is 2.39. The molecule has 1 fully saturated rings. The van der Waals surface area contributed by atoms with Crippen LogP contribution in [-0.4, -0.2) is 49.3 Å². The first kappa shape index (κ1) is 15.2. The van der Waals surface area contributed by atoms with E-state index >= 15 is 0 Å². The molecule has 1 N–H and O–H groups in total. The highest BCUT2D eigenvalue weighted by Gasteiger charge is 2.28. The van der Waals surface area contributed by atoms with Gasteiger partial charge in [0.15, 0.2) is 15.7 Å². The zero-order chi connectivity index (χ0) is 14.6. The lowest BCUT2D eigenvalue weighted by molar-refractivity contribution is 0.565. The second kappa shape index (κ2) is 6.49. The van der Waals surface area contributed by atoms with Crippen LogP contribution in [0.5, 0.6) is 0 Å². The third-order valence-electron chi connectivity index (χ3n) is 3.40. The summed E-state index contributed by atoms with van der Waals surface area (Å²) in [5, 5.41) is 11.7. The lowest BCUT2D eigenvalue weighted by Crippen LogP contribution is -2.47. The molecule has 0 spiro atoms. The summed E-state index contributed by atoms with van der Waals surface area (Å²) < 4.78 is 23.1. The molecule has 1 aliphatic heterocycles. The van der Waals surface area contributed by atoms with Gasteiger partial charge in [-0.15, -0.1) is 5.10 Å². The summed E-state index contributed by atoms with van der Waals surface area (Å²) in [6.45, 7) is 6.20. The summed E-state index contributed by atoms with van der Waals surface area (Å²) in [6.07, 6.45) is 1.09. The second-order valence-electron chi connectivity index (χ2n) is 5.22. The molecule has 2 heterocycles. The number of aromatic nitrogens is 2. The van der Waals surface area contributed by atoms with Crippen LogP contribution in [0.1, 0.15) is 26.0 Å². The smallest absolute Gasteiger partial charge is 0.154 e. The quantitative estimate of drug-likeness (QED) is 0.802. The van der Waals surface area contributed by atoms with E-state index in [1.165, 1.54) is 0 Å². The first-order chi connectivity index (χ1) is 9.52. The number of hydrogen-bond donors (Lipinski definition) is 1. The van der Waals surface area contributed by atoms with Crippen LogP contribution in [0.2, 0.25) is 0 Å². The maximum Gasteiger partial charge on any atom is 0.154 e. The minimum Gasteiger partial charge on any atom is -0.350 e. The summed E-state index contributed by atoms with van der Waals surface area (Å²) in [5.74, 6) is 1.14. The Balaban J connectivity index is 1.99. The Hall–Kier alpha value is -1.21. The Bertz CT molecular complexity index is 530. The Labute approximate surface area is 120 Å². The molecule has 6 nitrogen and oxygen atoms in total. The van der Waals surface area contributed by atoms with E-state index in [0.717, 1.165) is 24.5 Å². The van der Waals surface area contributed by atoms with E-state index in [4.69, 9.17) is 0 Å². The molecule has 1 aromatic rings. The van der Waals surface area contributed by atoms with Crippen molar-refractivity contribution in [2.75, 3.05) is 29.5 Å². The van der Waals surface area contributed by atoms with Gasteiger partial charge < -0.3 is 10.2 Å². The maximum absolute atomic E-state index is 11.6. The van der Waals surface area contributed by atoms with Crippen molar-refractivity contribution in [2.45, 2.75) is 32.9 Å². The zero-order valence-electron chi connectivity index (χ0n) is 12.0. The number of rotatable bonds is 5. The van der Waals surface area contributed by atoms with Crippen molar-refractivity contribution >= 4 is 15.7 Å². The summed E-state index contributed by atoms with van der Waals surface area (Å²) >= 11 is 0. The molecule has 0 aliphatic carbocycles. The predicted molar refractivity (Wildman–Crippen MR) is 79.5 cm³/mol. The predicted octanol–water partition coefficient (Wildman–Crippen LogP) is 0.599. The van der Waals surface area contributed by atoms with Crippen molar-refractivity contribution in [3.8, 4) is 0 Å². The number of nitrogens with one attached hydrogen (secondary N) is 1. The van der Waals surface area contributed by atoms with Crippen LogP contribution in [0.3, 0.4) is 0 Å². The Morgan fingerprint density at radius 3 is 2.80 bits per heavy atom. The third-order valence-corrected chi connectivity index (χ3v) is 5.20. The fourth-order valence-corrected chi connectivity index (χ4v) is 3.89. The lowest BCUT2D eigenvalue weighted by atomic mass is 10.3. The summed E-state index contributed by atoms with van der Waals surface area (Å²) in [4.78, 5) is 2.01. The number of sulfone groups is 1. The summed E-state index contributed by atoms with van der Waals surface area (Å²) in [5.41, 5.74) is 0.902. The van der Waals surface area contributed by atoms with Gasteiger partial charge in [-0.05, 0) is 32.0 Å². The molecule has 1 aliphatic rings. The molecule has 1 aromatic heterocycles. The van der Waals surface area contributed by atoms with Gasteiger partial charge in [0.25, 0.3) is 0 Å². The highest BCUT2D eigenvalue weighted by molar-refractivity contribution is 7.91. The minimum atomic E-state index is -2.90. The van der Waals surface area contributed by atoms with Crippen LogP contribution in [0.25, 0.3) is 0 Å². The second-order valence-corrected chi connectivity index (χ2v) is 7.45. The normalized spacial score (nSPS) is 21.9. The van der Waals surface area contributed by atoms with E-state index in [1.54, 1.807) is 0 Å². The molecule has 0 bridgehead atoms. The summed E-state index contributed by atoms with van der Waals surface area (Å²) in [7, 11) is -2.90. The molecule has 0 saturated carbocycles. The molecule has 0 amide bonds. The first-order valence-electron chi connectivity index (χ1n) is 7.02. The number of nitrogens with zero attached hydrogens (tertiary/aromatic N) is 3. The van der Waals surface area contributed by atoms with Crippen molar-refractivity contribution in [3.63, 3.8) is 0 Å². The van der Waals surface area contributed by atoms with Crippen LogP contribution < -0.4 is 10.2 Å². The van der Waals surface area contributed by atoms with E-state index in [2.05, 4.69) is 22.4 Å². The van der Waals surface area contributed by atoms with Crippen LogP contribution in [0, 0.1) is 0 Å². The first-order valence-corrected chi connectivity index (χ1v) is 8.84. The van der Waals surface area contributed by atoms with Crippen LogP contribution in [-0.2, 0) is 16.4 Å². The number of hydrogen-bond acceptors (Lipinski definition) is 6. The highest BCUT2D eigenvalue weighted by atomic mass is 32.2. The SMILES string of the molecule is CCCNCc1ccc(N2CCS(=O)(=O)CC2C)nn1. The van der Waals surface area contributed by atoms with Crippen molar-refractivity contribution < 1.29 is 8.42 Å². The van der Waals surface area contributed by atoms with E-state index < -0.39 is 9.84 Å². The van der Waals surface area contributed by atoms with Crippen molar-refractivity contribution in [1.29, 1.82) is 0 Å². The van der Waals surface area contributed by atoms with E-state index in [1.807, 2.05) is 24.0 Å². The van der Waals surface area contributed by atoms with Gasteiger partial charge in [0.05, 0.1) is 17.2 Å². The molecule has 2 rings (SSSR count). The summed E-state index contributed by atoms with van der Waals surface area (Å²) in [6, 6.07) is 3.82. The van der Waals surface area contributed by atoms with Gasteiger partial charge in [-0.25, -0.2) is 8.42 Å². The average molecular weight is 298 g/mol. The van der Waals surface area contributed by atoms with Crippen LogP contribution >= 0.6 is 0 Å². The Morgan fingerprint density at radius 2 is 2.20 bits per heavy atom. The monoisotopic (exact) mass is 298 g/mol. The Morgan fingerprint density at radius 1 is 1.40 bits per heavy atom. The molecule has 0 aromatic carbocycles. The number of anilines is 1.